The van der Waals surface area contributed by atoms with E-state index in [1.54, 1.807) is 0 Å². The molecule has 108 valence electrons. The zero-order valence-corrected chi connectivity index (χ0v) is 13.7. The highest BCUT2D eigenvalue weighted by atomic mass is 32.2. The van der Waals surface area contributed by atoms with Gasteiger partial charge in [-0.25, -0.2) is 9.97 Å². The minimum Gasteiger partial charge on any atom is -0.313 e. The maximum atomic E-state index is 4.55. The predicted octanol–water partition coefficient (Wildman–Crippen LogP) is 3.74. The van der Waals surface area contributed by atoms with E-state index in [4.69, 9.17) is 0 Å². The third kappa shape index (κ3) is 5.49. The zero-order valence-electron chi connectivity index (χ0n) is 12.9. The van der Waals surface area contributed by atoms with E-state index in [1.807, 2.05) is 31.7 Å². The molecule has 0 aliphatic carbocycles. The molecule has 0 aliphatic heterocycles. The second kappa shape index (κ2) is 8.54. The Balaban J connectivity index is 2.78. The lowest BCUT2D eigenvalue weighted by Crippen LogP contribution is -2.37. The van der Waals surface area contributed by atoms with E-state index in [0.717, 1.165) is 29.5 Å². The van der Waals surface area contributed by atoms with Crippen LogP contribution in [0.1, 0.15) is 51.4 Å². The fraction of sp³-hybridized carbons (Fsp3) is 0.733. The minimum absolute atomic E-state index is 0.543. The van der Waals surface area contributed by atoms with Crippen molar-refractivity contribution in [3.05, 3.63) is 17.5 Å². The van der Waals surface area contributed by atoms with Crippen LogP contribution in [0.2, 0.25) is 0 Å². The van der Waals surface area contributed by atoms with Crippen molar-refractivity contribution >= 4 is 11.8 Å². The van der Waals surface area contributed by atoms with E-state index in [2.05, 4.69) is 36.1 Å². The summed E-state index contributed by atoms with van der Waals surface area (Å²) >= 11 is 1.82. The van der Waals surface area contributed by atoms with Crippen molar-refractivity contribution in [3.63, 3.8) is 0 Å². The van der Waals surface area contributed by atoms with E-state index in [-0.39, 0.29) is 0 Å². The van der Waals surface area contributed by atoms with Gasteiger partial charge in [-0.15, -0.1) is 0 Å². The second-order valence-electron chi connectivity index (χ2n) is 4.95. The first-order chi connectivity index (χ1) is 9.10. The summed E-state index contributed by atoms with van der Waals surface area (Å²) in [6.07, 6.45) is 3.56. The van der Waals surface area contributed by atoms with E-state index in [1.165, 1.54) is 12.8 Å². The fourth-order valence-corrected chi connectivity index (χ4v) is 3.55. The summed E-state index contributed by atoms with van der Waals surface area (Å²) in [6.45, 7) is 11.8. The van der Waals surface area contributed by atoms with Gasteiger partial charge >= 0.3 is 0 Å². The molecule has 0 amide bonds. The molecule has 4 heteroatoms. The quantitative estimate of drug-likeness (QED) is 0.582. The van der Waals surface area contributed by atoms with Crippen molar-refractivity contribution in [2.45, 2.75) is 70.3 Å². The van der Waals surface area contributed by atoms with Crippen LogP contribution in [0.25, 0.3) is 0 Å². The SMILES string of the molecule is CCCC(NCC)C(CC)Sc1nc(C)cc(C)n1. The molecular formula is C15H27N3S. The smallest absolute Gasteiger partial charge is 0.188 e. The number of rotatable bonds is 8. The summed E-state index contributed by atoms with van der Waals surface area (Å²) in [4.78, 5) is 9.10. The van der Waals surface area contributed by atoms with Gasteiger partial charge in [0.2, 0.25) is 0 Å². The van der Waals surface area contributed by atoms with Crippen molar-refractivity contribution < 1.29 is 0 Å². The zero-order chi connectivity index (χ0) is 14.3. The Bertz CT molecular complexity index is 355. The van der Waals surface area contributed by atoms with Crippen LogP contribution < -0.4 is 5.32 Å². The molecule has 1 aromatic rings. The fourth-order valence-electron chi connectivity index (χ4n) is 2.32. The molecule has 0 spiro atoms. The molecule has 0 fully saturated rings. The molecule has 1 heterocycles. The molecule has 2 atom stereocenters. The third-order valence-corrected chi connectivity index (χ3v) is 4.49. The van der Waals surface area contributed by atoms with Crippen LogP contribution in [-0.4, -0.2) is 27.8 Å². The van der Waals surface area contributed by atoms with E-state index >= 15 is 0 Å². The van der Waals surface area contributed by atoms with Crippen LogP contribution in [0.5, 0.6) is 0 Å². The Morgan fingerprint density at radius 2 is 1.79 bits per heavy atom. The molecule has 1 rings (SSSR count). The Kier molecular flexibility index (Phi) is 7.39. The molecular weight excluding hydrogens is 254 g/mol. The van der Waals surface area contributed by atoms with Crippen molar-refractivity contribution in [2.24, 2.45) is 0 Å². The van der Waals surface area contributed by atoms with Crippen LogP contribution >= 0.6 is 11.8 Å². The molecule has 0 aromatic carbocycles. The molecule has 19 heavy (non-hydrogen) atoms. The molecule has 3 nitrogen and oxygen atoms in total. The molecule has 0 bridgehead atoms. The highest BCUT2D eigenvalue weighted by Gasteiger charge is 2.20. The molecule has 1 aromatic heterocycles. The van der Waals surface area contributed by atoms with Gasteiger partial charge in [0.15, 0.2) is 5.16 Å². The molecule has 0 saturated heterocycles. The van der Waals surface area contributed by atoms with Crippen LogP contribution in [-0.2, 0) is 0 Å². The molecule has 0 radical (unpaired) electrons. The van der Waals surface area contributed by atoms with Crippen molar-refractivity contribution in [2.75, 3.05) is 6.54 Å². The lowest BCUT2D eigenvalue weighted by atomic mass is 10.1. The second-order valence-corrected chi connectivity index (χ2v) is 6.16. The van der Waals surface area contributed by atoms with Crippen LogP contribution in [0.4, 0.5) is 0 Å². The van der Waals surface area contributed by atoms with Crippen molar-refractivity contribution in [1.82, 2.24) is 15.3 Å². The number of nitrogens with one attached hydrogen (secondary N) is 1. The van der Waals surface area contributed by atoms with Gasteiger partial charge in [-0.3, -0.25) is 0 Å². The number of aromatic nitrogens is 2. The van der Waals surface area contributed by atoms with Crippen LogP contribution in [0.15, 0.2) is 11.2 Å². The van der Waals surface area contributed by atoms with Crippen LogP contribution in [0.3, 0.4) is 0 Å². The van der Waals surface area contributed by atoms with Gasteiger partial charge in [-0.05, 0) is 39.3 Å². The average molecular weight is 281 g/mol. The highest BCUT2D eigenvalue weighted by Crippen LogP contribution is 2.27. The largest absolute Gasteiger partial charge is 0.313 e. The Morgan fingerprint density at radius 1 is 1.16 bits per heavy atom. The molecule has 1 N–H and O–H groups in total. The first-order valence-electron chi connectivity index (χ1n) is 7.32. The summed E-state index contributed by atoms with van der Waals surface area (Å²) in [5.41, 5.74) is 2.11. The number of aryl methyl sites for hydroxylation is 2. The first kappa shape index (κ1) is 16.4. The molecule has 0 saturated carbocycles. The summed E-state index contributed by atoms with van der Waals surface area (Å²) in [6, 6.07) is 2.58. The number of thioether (sulfide) groups is 1. The van der Waals surface area contributed by atoms with Gasteiger partial charge in [-0.2, -0.15) is 0 Å². The Labute approximate surface area is 122 Å². The minimum atomic E-state index is 0.543. The first-order valence-corrected chi connectivity index (χ1v) is 8.20. The summed E-state index contributed by atoms with van der Waals surface area (Å²) < 4.78 is 0. The van der Waals surface area contributed by atoms with Crippen molar-refractivity contribution in [1.29, 1.82) is 0 Å². The van der Waals surface area contributed by atoms with E-state index in [0.29, 0.717) is 11.3 Å². The van der Waals surface area contributed by atoms with Crippen LogP contribution in [0, 0.1) is 13.8 Å². The monoisotopic (exact) mass is 281 g/mol. The van der Waals surface area contributed by atoms with Gasteiger partial charge in [0, 0.05) is 22.7 Å². The van der Waals surface area contributed by atoms with Gasteiger partial charge < -0.3 is 5.32 Å². The summed E-state index contributed by atoms with van der Waals surface area (Å²) in [5.74, 6) is 0. The van der Waals surface area contributed by atoms with Gasteiger partial charge in [0.05, 0.1) is 0 Å². The molecule has 0 aliphatic rings. The van der Waals surface area contributed by atoms with E-state index in [9.17, 15) is 0 Å². The number of nitrogens with zero attached hydrogens (tertiary/aromatic N) is 2. The Morgan fingerprint density at radius 3 is 2.26 bits per heavy atom. The standard InChI is InChI=1S/C15H27N3S/c1-6-9-13(16-8-3)14(7-2)19-15-17-11(4)10-12(5)18-15/h10,13-14,16H,6-9H2,1-5H3. The third-order valence-electron chi connectivity index (χ3n) is 3.14. The topological polar surface area (TPSA) is 37.8 Å². The predicted molar refractivity (Wildman–Crippen MR) is 83.8 cm³/mol. The highest BCUT2D eigenvalue weighted by molar-refractivity contribution is 7.99. The van der Waals surface area contributed by atoms with E-state index < -0.39 is 0 Å². The van der Waals surface area contributed by atoms with Gasteiger partial charge in [-0.1, -0.05) is 39.0 Å². The maximum Gasteiger partial charge on any atom is 0.188 e. The van der Waals surface area contributed by atoms with Gasteiger partial charge in [0.1, 0.15) is 0 Å². The summed E-state index contributed by atoms with van der Waals surface area (Å²) in [5, 5.41) is 5.07. The lowest BCUT2D eigenvalue weighted by molar-refractivity contribution is 0.465. The summed E-state index contributed by atoms with van der Waals surface area (Å²) in [7, 11) is 0. The normalized spacial score (nSPS) is 14.4. The maximum absolute atomic E-state index is 4.55. The number of hydrogen-bond donors (Lipinski definition) is 1. The van der Waals surface area contributed by atoms with Crippen molar-refractivity contribution in [3.8, 4) is 0 Å². The average Bonchev–Trinajstić information content (AvgIpc) is 2.34. The lowest BCUT2D eigenvalue weighted by Gasteiger charge is -2.25. The Hall–Kier alpha value is -0.610. The molecule has 2 unspecified atom stereocenters. The number of hydrogen-bond acceptors (Lipinski definition) is 4. The van der Waals surface area contributed by atoms with Gasteiger partial charge in [0.25, 0.3) is 0 Å².